The van der Waals surface area contributed by atoms with Crippen LogP contribution in [0, 0.1) is 5.92 Å². The predicted octanol–water partition coefficient (Wildman–Crippen LogP) is 3.98. The van der Waals surface area contributed by atoms with Crippen LogP contribution in [0.1, 0.15) is 51.5 Å². The number of rotatable bonds is 8. The van der Waals surface area contributed by atoms with Crippen LogP contribution in [0.5, 0.6) is 5.75 Å². The Labute approximate surface area is 166 Å². The average Bonchev–Trinajstić information content (AvgIpc) is 2.68. The molecular weight excluding hydrogens is 362 g/mol. The zero-order valence-corrected chi connectivity index (χ0v) is 17.6. The van der Waals surface area contributed by atoms with Gasteiger partial charge in [0.2, 0.25) is 5.91 Å². The maximum atomic E-state index is 12.8. The second-order valence-corrected chi connectivity index (χ2v) is 7.91. The summed E-state index contributed by atoms with van der Waals surface area (Å²) in [5.41, 5.74) is 0.0483. The predicted molar refractivity (Wildman–Crippen MR) is 108 cm³/mol. The molecule has 1 aliphatic carbocycles. The molecule has 1 fully saturated rings. The summed E-state index contributed by atoms with van der Waals surface area (Å²) >= 11 is 1.58. The van der Waals surface area contributed by atoms with Crippen LogP contribution in [-0.4, -0.2) is 37.4 Å². The van der Waals surface area contributed by atoms with Crippen LogP contribution in [0.25, 0.3) is 0 Å². The number of carbonyl (C=O) groups excluding carboxylic acids is 2. The molecule has 27 heavy (non-hydrogen) atoms. The highest BCUT2D eigenvalue weighted by molar-refractivity contribution is 7.98. The Bertz CT molecular complexity index is 654. The Morgan fingerprint density at radius 1 is 1.26 bits per heavy atom. The number of ether oxygens (including phenoxy) is 2. The van der Waals surface area contributed by atoms with Gasteiger partial charge in [0.05, 0.1) is 20.1 Å². The van der Waals surface area contributed by atoms with Crippen molar-refractivity contribution >= 4 is 23.6 Å². The van der Waals surface area contributed by atoms with E-state index in [1.54, 1.807) is 25.8 Å². The van der Waals surface area contributed by atoms with Crippen molar-refractivity contribution in [1.82, 2.24) is 5.32 Å². The van der Waals surface area contributed by atoms with Crippen molar-refractivity contribution in [3.63, 3.8) is 0 Å². The molecule has 0 bridgehead atoms. The third-order valence-electron chi connectivity index (χ3n) is 5.43. The Hall–Kier alpha value is -1.69. The van der Waals surface area contributed by atoms with Crippen LogP contribution >= 0.6 is 11.8 Å². The van der Waals surface area contributed by atoms with Crippen LogP contribution in [-0.2, 0) is 20.7 Å². The van der Waals surface area contributed by atoms with Crippen molar-refractivity contribution in [2.75, 3.05) is 20.0 Å². The molecule has 2 rings (SSSR count). The van der Waals surface area contributed by atoms with Crippen molar-refractivity contribution in [3.8, 4) is 5.75 Å². The third-order valence-corrected chi connectivity index (χ3v) is 6.25. The molecule has 1 N–H and O–H groups in total. The summed E-state index contributed by atoms with van der Waals surface area (Å²) in [5, 5.41) is 3.04. The molecule has 6 heteroatoms. The molecule has 0 aliphatic heterocycles. The Morgan fingerprint density at radius 3 is 2.52 bits per heavy atom. The van der Waals surface area contributed by atoms with E-state index < -0.39 is 5.54 Å². The van der Waals surface area contributed by atoms with Gasteiger partial charge in [-0.3, -0.25) is 4.79 Å². The quantitative estimate of drug-likeness (QED) is 0.535. The molecule has 150 valence electrons. The summed E-state index contributed by atoms with van der Waals surface area (Å²) in [6.45, 7) is 4.30. The monoisotopic (exact) mass is 393 g/mol. The molecule has 0 saturated heterocycles. The highest BCUT2D eigenvalue weighted by atomic mass is 32.2. The zero-order chi connectivity index (χ0) is 19.9. The molecule has 0 aromatic heterocycles. The lowest BCUT2D eigenvalue weighted by Gasteiger charge is -2.38. The SMILES string of the molecule is CCOC(=O)C1(NC(=O)Cc2ccc(OC)cc2SC)CCC(CC)CC1. The minimum absolute atomic E-state index is 0.140. The number of methoxy groups -OCH3 is 1. The minimum Gasteiger partial charge on any atom is -0.497 e. The largest absolute Gasteiger partial charge is 0.497 e. The highest BCUT2D eigenvalue weighted by Gasteiger charge is 2.44. The zero-order valence-electron chi connectivity index (χ0n) is 16.8. The van der Waals surface area contributed by atoms with E-state index in [4.69, 9.17) is 9.47 Å². The minimum atomic E-state index is -0.884. The lowest BCUT2D eigenvalue weighted by Crippen LogP contribution is -2.57. The van der Waals surface area contributed by atoms with Gasteiger partial charge >= 0.3 is 5.97 Å². The maximum Gasteiger partial charge on any atom is 0.331 e. The van der Waals surface area contributed by atoms with Gasteiger partial charge in [-0.1, -0.05) is 19.4 Å². The molecule has 1 aromatic carbocycles. The average molecular weight is 394 g/mol. The van der Waals surface area contributed by atoms with E-state index in [-0.39, 0.29) is 18.3 Å². The molecule has 1 saturated carbocycles. The van der Waals surface area contributed by atoms with E-state index in [2.05, 4.69) is 12.2 Å². The Morgan fingerprint density at radius 2 is 1.96 bits per heavy atom. The van der Waals surface area contributed by atoms with Crippen LogP contribution in [0.3, 0.4) is 0 Å². The molecule has 0 heterocycles. The molecule has 1 amide bonds. The van der Waals surface area contributed by atoms with Crippen LogP contribution in [0.15, 0.2) is 23.1 Å². The van der Waals surface area contributed by atoms with Crippen molar-refractivity contribution in [2.45, 2.75) is 62.8 Å². The molecule has 1 aromatic rings. The van der Waals surface area contributed by atoms with E-state index in [0.717, 1.165) is 35.5 Å². The van der Waals surface area contributed by atoms with Gasteiger partial charge in [0.25, 0.3) is 0 Å². The molecule has 0 radical (unpaired) electrons. The van der Waals surface area contributed by atoms with Gasteiger partial charge in [-0.2, -0.15) is 0 Å². The fourth-order valence-corrected chi connectivity index (χ4v) is 4.35. The Kier molecular flexibility index (Phi) is 8.02. The number of benzene rings is 1. The van der Waals surface area contributed by atoms with Gasteiger partial charge in [-0.15, -0.1) is 11.8 Å². The van der Waals surface area contributed by atoms with Gasteiger partial charge in [0, 0.05) is 4.90 Å². The number of nitrogens with one attached hydrogen (secondary N) is 1. The lowest BCUT2D eigenvalue weighted by atomic mass is 9.75. The maximum absolute atomic E-state index is 12.8. The van der Waals surface area contributed by atoms with Crippen LogP contribution in [0.4, 0.5) is 0 Å². The van der Waals surface area contributed by atoms with E-state index >= 15 is 0 Å². The van der Waals surface area contributed by atoms with Crippen LogP contribution < -0.4 is 10.1 Å². The van der Waals surface area contributed by atoms with Gasteiger partial charge in [-0.05, 0) is 62.5 Å². The van der Waals surface area contributed by atoms with Crippen molar-refractivity contribution in [2.24, 2.45) is 5.92 Å². The fourth-order valence-electron chi connectivity index (χ4n) is 3.71. The van der Waals surface area contributed by atoms with Gasteiger partial charge < -0.3 is 14.8 Å². The first kappa shape index (κ1) is 21.6. The van der Waals surface area contributed by atoms with Crippen LogP contribution in [0.2, 0.25) is 0 Å². The second-order valence-electron chi connectivity index (χ2n) is 7.06. The Balaban J connectivity index is 2.13. The molecule has 0 atom stereocenters. The number of amides is 1. The summed E-state index contributed by atoms with van der Waals surface area (Å²) in [4.78, 5) is 26.5. The number of hydrogen-bond acceptors (Lipinski definition) is 5. The van der Waals surface area contributed by atoms with Gasteiger partial charge in [-0.25, -0.2) is 4.79 Å². The normalized spacial score (nSPS) is 22.1. The van der Waals surface area contributed by atoms with E-state index in [0.29, 0.717) is 25.4 Å². The van der Waals surface area contributed by atoms with Crippen molar-refractivity contribution < 1.29 is 19.1 Å². The number of carbonyl (C=O) groups is 2. The first-order chi connectivity index (χ1) is 13.0. The molecular formula is C21H31NO4S. The molecule has 1 aliphatic rings. The topological polar surface area (TPSA) is 64.6 Å². The van der Waals surface area contributed by atoms with E-state index in [1.165, 1.54) is 0 Å². The standard InChI is InChI=1S/C21H31NO4S/c1-5-15-9-11-21(12-10-15,20(24)26-6-2)22-19(23)13-16-7-8-17(25-3)14-18(16)27-4/h7-8,14-15H,5-6,9-13H2,1-4H3,(H,22,23). The number of esters is 1. The summed E-state index contributed by atoms with van der Waals surface area (Å²) < 4.78 is 10.6. The summed E-state index contributed by atoms with van der Waals surface area (Å²) in [6.07, 6.45) is 6.49. The van der Waals surface area contributed by atoms with E-state index in [9.17, 15) is 9.59 Å². The highest BCUT2D eigenvalue weighted by Crippen LogP contribution is 2.35. The summed E-state index contributed by atoms with van der Waals surface area (Å²) in [6, 6.07) is 5.70. The summed E-state index contributed by atoms with van der Waals surface area (Å²) in [5.74, 6) is 0.949. The fraction of sp³-hybridized carbons (Fsp3) is 0.619. The third kappa shape index (κ3) is 5.41. The molecule has 5 nitrogen and oxygen atoms in total. The number of hydrogen-bond donors (Lipinski definition) is 1. The van der Waals surface area contributed by atoms with Gasteiger partial charge in [0.15, 0.2) is 0 Å². The van der Waals surface area contributed by atoms with Gasteiger partial charge in [0.1, 0.15) is 11.3 Å². The van der Waals surface area contributed by atoms with Crippen molar-refractivity contribution in [1.29, 1.82) is 0 Å². The first-order valence-corrected chi connectivity index (χ1v) is 10.9. The molecule has 0 spiro atoms. The second kappa shape index (κ2) is 10.0. The lowest BCUT2D eigenvalue weighted by molar-refractivity contribution is -0.155. The first-order valence-electron chi connectivity index (χ1n) is 9.67. The number of thioether (sulfide) groups is 1. The van der Waals surface area contributed by atoms with Crippen molar-refractivity contribution in [3.05, 3.63) is 23.8 Å². The smallest absolute Gasteiger partial charge is 0.331 e. The molecule has 0 unspecified atom stereocenters. The summed E-state index contributed by atoms with van der Waals surface area (Å²) in [7, 11) is 1.63. The van der Waals surface area contributed by atoms with E-state index in [1.807, 2.05) is 24.5 Å².